The van der Waals surface area contributed by atoms with Crippen LogP contribution in [0.5, 0.6) is 0 Å². The molecule has 0 bridgehead atoms. The molecule has 0 aliphatic carbocycles. The highest BCUT2D eigenvalue weighted by molar-refractivity contribution is 4.93. The number of rotatable bonds is 31. The maximum Gasteiger partial charge on any atom is 0.168 e. The van der Waals surface area contributed by atoms with E-state index in [1.807, 2.05) is 7.05 Å². The fraction of sp³-hybridized carbons (Fsp3) is 0.800. The van der Waals surface area contributed by atoms with E-state index in [4.69, 9.17) is 9.47 Å². The second kappa shape index (κ2) is 30.8. The van der Waals surface area contributed by atoms with Crippen molar-refractivity contribution in [2.45, 2.75) is 186 Å². The molecule has 1 unspecified atom stereocenters. The van der Waals surface area contributed by atoms with Crippen molar-refractivity contribution in [1.29, 1.82) is 0 Å². The summed E-state index contributed by atoms with van der Waals surface area (Å²) in [7, 11) is 2.02. The Kier molecular flexibility index (Phi) is 28.6. The van der Waals surface area contributed by atoms with E-state index < -0.39 is 0 Å². The van der Waals surface area contributed by atoms with E-state index in [1.54, 1.807) is 0 Å². The SMILES string of the molecule is CCCCC/C=C\C/C=C\CCCCCCCC1(CCCCCCC/C=C\C/C=C\CCCCC)OCC(CCNC)O1. The van der Waals surface area contributed by atoms with Gasteiger partial charge in [0.2, 0.25) is 0 Å². The number of hydrogen-bond donors (Lipinski definition) is 1. The fourth-order valence-electron chi connectivity index (χ4n) is 5.86. The van der Waals surface area contributed by atoms with Crippen LogP contribution in [0.15, 0.2) is 48.6 Å². The van der Waals surface area contributed by atoms with Crippen molar-refractivity contribution in [1.82, 2.24) is 5.32 Å². The Balaban J connectivity index is 2.15. The van der Waals surface area contributed by atoms with Crippen LogP contribution < -0.4 is 5.32 Å². The minimum atomic E-state index is -0.321. The first-order valence-electron chi connectivity index (χ1n) is 18.8. The highest BCUT2D eigenvalue weighted by atomic mass is 16.7. The fourth-order valence-corrected chi connectivity index (χ4v) is 5.86. The second-order valence-corrected chi connectivity index (χ2v) is 12.8. The third-order valence-corrected chi connectivity index (χ3v) is 8.65. The molecule has 1 aliphatic rings. The molecule has 0 aromatic carbocycles. The number of nitrogens with one attached hydrogen (secondary N) is 1. The molecule has 0 amide bonds. The standard InChI is InChI=1S/C40H73NO2/c1-4-6-8-10-12-14-16-18-20-22-24-26-28-30-32-35-40(42-38-39(43-40)34-37-41-3)36-33-31-29-27-25-23-21-19-17-15-13-11-9-7-5-2/h12-15,18-21,39,41H,4-11,16-17,22-38H2,1-3H3/b14-12-,15-13-,20-18-,21-19-. The number of ether oxygens (including phenoxy) is 2. The molecule has 43 heavy (non-hydrogen) atoms. The van der Waals surface area contributed by atoms with E-state index in [0.29, 0.717) is 0 Å². The minimum absolute atomic E-state index is 0.253. The summed E-state index contributed by atoms with van der Waals surface area (Å²) >= 11 is 0. The van der Waals surface area contributed by atoms with E-state index >= 15 is 0 Å². The molecule has 1 heterocycles. The summed E-state index contributed by atoms with van der Waals surface area (Å²) in [4.78, 5) is 0. The zero-order chi connectivity index (χ0) is 30.9. The van der Waals surface area contributed by atoms with Crippen molar-refractivity contribution in [2.75, 3.05) is 20.2 Å². The Morgan fingerprint density at radius 2 is 0.977 bits per heavy atom. The van der Waals surface area contributed by atoms with E-state index in [0.717, 1.165) is 45.3 Å². The van der Waals surface area contributed by atoms with Crippen LogP contribution in [-0.4, -0.2) is 32.1 Å². The summed E-state index contributed by atoms with van der Waals surface area (Å²) in [5.74, 6) is -0.321. The normalized spacial score (nSPS) is 17.1. The lowest BCUT2D eigenvalue weighted by molar-refractivity contribution is -0.179. The maximum absolute atomic E-state index is 6.60. The van der Waals surface area contributed by atoms with Crippen LogP contribution in [0, 0.1) is 0 Å². The van der Waals surface area contributed by atoms with Crippen LogP contribution in [0.2, 0.25) is 0 Å². The van der Waals surface area contributed by atoms with Gasteiger partial charge in [0.25, 0.3) is 0 Å². The third kappa shape index (κ3) is 24.8. The molecule has 0 aromatic rings. The average Bonchev–Trinajstić information content (AvgIpc) is 3.43. The van der Waals surface area contributed by atoms with Gasteiger partial charge in [0.15, 0.2) is 5.79 Å². The minimum Gasteiger partial charge on any atom is -0.347 e. The van der Waals surface area contributed by atoms with Gasteiger partial charge in [-0.25, -0.2) is 0 Å². The highest BCUT2D eigenvalue weighted by Gasteiger charge is 2.40. The van der Waals surface area contributed by atoms with Crippen LogP contribution in [0.25, 0.3) is 0 Å². The van der Waals surface area contributed by atoms with E-state index in [2.05, 4.69) is 67.8 Å². The predicted octanol–water partition coefficient (Wildman–Crippen LogP) is 12.3. The molecule has 0 spiro atoms. The van der Waals surface area contributed by atoms with Gasteiger partial charge in [-0.05, 0) is 97.1 Å². The zero-order valence-corrected chi connectivity index (χ0v) is 29.1. The van der Waals surface area contributed by atoms with Crippen molar-refractivity contribution in [3.8, 4) is 0 Å². The van der Waals surface area contributed by atoms with Crippen molar-refractivity contribution in [3.05, 3.63) is 48.6 Å². The largest absolute Gasteiger partial charge is 0.347 e. The summed E-state index contributed by atoms with van der Waals surface area (Å²) in [5.41, 5.74) is 0. The van der Waals surface area contributed by atoms with Gasteiger partial charge in [-0.3, -0.25) is 0 Å². The van der Waals surface area contributed by atoms with Crippen LogP contribution in [0.1, 0.15) is 174 Å². The molecular formula is C40H73NO2. The van der Waals surface area contributed by atoms with Crippen molar-refractivity contribution in [2.24, 2.45) is 0 Å². The van der Waals surface area contributed by atoms with Gasteiger partial charge in [0, 0.05) is 12.8 Å². The third-order valence-electron chi connectivity index (χ3n) is 8.65. The molecule has 0 saturated carbocycles. The molecular weight excluding hydrogens is 526 g/mol. The first-order chi connectivity index (χ1) is 21.3. The lowest BCUT2D eigenvalue weighted by Gasteiger charge is -2.28. The summed E-state index contributed by atoms with van der Waals surface area (Å²) < 4.78 is 13.0. The van der Waals surface area contributed by atoms with Crippen LogP contribution in [-0.2, 0) is 9.47 Å². The second-order valence-electron chi connectivity index (χ2n) is 12.8. The first kappa shape index (κ1) is 39.9. The van der Waals surface area contributed by atoms with Crippen molar-refractivity contribution < 1.29 is 9.47 Å². The Hall–Kier alpha value is -1.16. The van der Waals surface area contributed by atoms with Gasteiger partial charge in [-0.15, -0.1) is 0 Å². The lowest BCUT2D eigenvalue weighted by Crippen LogP contribution is -2.31. The van der Waals surface area contributed by atoms with E-state index in [1.165, 1.54) is 128 Å². The van der Waals surface area contributed by atoms with Gasteiger partial charge in [-0.1, -0.05) is 127 Å². The topological polar surface area (TPSA) is 30.5 Å². The van der Waals surface area contributed by atoms with Crippen LogP contribution >= 0.6 is 0 Å². The molecule has 1 saturated heterocycles. The summed E-state index contributed by atoms with van der Waals surface area (Å²) in [6, 6.07) is 0. The molecule has 3 heteroatoms. The van der Waals surface area contributed by atoms with Crippen LogP contribution in [0.4, 0.5) is 0 Å². The van der Waals surface area contributed by atoms with E-state index in [9.17, 15) is 0 Å². The molecule has 1 N–H and O–H groups in total. The van der Waals surface area contributed by atoms with Gasteiger partial charge in [0.1, 0.15) is 0 Å². The molecule has 0 radical (unpaired) electrons. The van der Waals surface area contributed by atoms with Gasteiger partial charge >= 0.3 is 0 Å². The number of hydrogen-bond acceptors (Lipinski definition) is 3. The van der Waals surface area contributed by atoms with Gasteiger partial charge < -0.3 is 14.8 Å². The lowest BCUT2D eigenvalue weighted by atomic mass is 9.99. The molecule has 1 rings (SSSR count). The first-order valence-corrected chi connectivity index (χ1v) is 18.8. The summed E-state index contributed by atoms with van der Waals surface area (Å²) in [6.45, 7) is 6.30. The summed E-state index contributed by atoms with van der Waals surface area (Å²) in [6.07, 6.45) is 50.3. The van der Waals surface area contributed by atoms with Crippen LogP contribution in [0.3, 0.4) is 0 Å². The maximum atomic E-state index is 6.60. The Bertz CT molecular complexity index is 649. The molecule has 1 fully saturated rings. The van der Waals surface area contributed by atoms with E-state index in [-0.39, 0.29) is 11.9 Å². The Morgan fingerprint density at radius 1 is 0.558 bits per heavy atom. The molecule has 1 aliphatic heterocycles. The number of allylic oxidation sites excluding steroid dienone is 8. The Labute approximate surface area is 269 Å². The quantitative estimate of drug-likeness (QED) is 0.0635. The molecule has 0 aromatic heterocycles. The highest BCUT2D eigenvalue weighted by Crippen LogP contribution is 2.35. The number of unbranched alkanes of at least 4 members (excludes halogenated alkanes) is 16. The van der Waals surface area contributed by atoms with Crippen molar-refractivity contribution in [3.63, 3.8) is 0 Å². The Morgan fingerprint density at radius 3 is 1.42 bits per heavy atom. The summed E-state index contributed by atoms with van der Waals surface area (Å²) in [5, 5.41) is 3.27. The molecule has 3 nitrogen and oxygen atoms in total. The van der Waals surface area contributed by atoms with Gasteiger partial charge in [0.05, 0.1) is 12.7 Å². The van der Waals surface area contributed by atoms with Gasteiger partial charge in [-0.2, -0.15) is 0 Å². The average molecular weight is 600 g/mol. The predicted molar refractivity (Wildman–Crippen MR) is 191 cm³/mol. The smallest absolute Gasteiger partial charge is 0.168 e. The molecule has 1 atom stereocenters. The monoisotopic (exact) mass is 600 g/mol. The zero-order valence-electron chi connectivity index (χ0n) is 29.1. The molecule has 250 valence electrons. The van der Waals surface area contributed by atoms with Crippen molar-refractivity contribution >= 4 is 0 Å².